The molecule has 2 rings (SSSR count). The highest BCUT2D eigenvalue weighted by Gasteiger charge is 2.75. The van der Waals surface area contributed by atoms with Crippen LogP contribution < -0.4 is 10.6 Å². The van der Waals surface area contributed by atoms with Crippen LogP contribution in [0.3, 0.4) is 0 Å². The highest BCUT2D eigenvalue weighted by Crippen LogP contribution is 2.46. The van der Waals surface area contributed by atoms with Crippen LogP contribution in [0.2, 0.25) is 0 Å². The molecule has 90 valence electrons. The van der Waals surface area contributed by atoms with E-state index in [1.807, 2.05) is 20.8 Å². The molecule has 2 saturated heterocycles. The standard InChI is InChI=1S/C11H18N2O3/c1-5(2)7(14)11-9(16)13-10(11,4)6(3)8(15)12-11/h5-7,14H,1-4H3,(H,12,15)(H,13,16)/t6?,7-,10-,11-/m0/s1. The van der Waals surface area contributed by atoms with E-state index in [4.69, 9.17) is 0 Å². The minimum absolute atomic E-state index is 0.0871. The second-order valence-electron chi connectivity index (χ2n) is 5.36. The Balaban J connectivity index is 2.45. The smallest absolute Gasteiger partial charge is 0.251 e. The molecular formula is C11H18N2O3. The molecule has 16 heavy (non-hydrogen) atoms. The summed E-state index contributed by atoms with van der Waals surface area (Å²) in [7, 11) is 0. The largest absolute Gasteiger partial charge is 0.390 e. The first-order valence-corrected chi connectivity index (χ1v) is 5.60. The van der Waals surface area contributed by atoms with Crippen molar-refractivity contribution in [1.29, 1.82) is 0 Å². The number of hydrogen-bond donors (Lipinski definition) is 3. The molecule has 0 aromatic heterocycles. The molecule has 2 aliphatic heterocycles. The van der Waals surface area contributed by atoms with Gasteiger partial charge in [0.2, 0.25) is 5.91 Å². The van der Waals surface area contributed by atoms with Gasteiger partial charge in [0, 0.05) is 0 Å². The maximum atomic E-state index is 11.8. The minimum atomic E-state index is -1.14. The molecule has 0 aliphatic carbocycles. The van der Waals surface area contributed by atoms with Gasteiger partial charge >= 0.3 is 0 Å². The second-order valence-corrected chi connectivity index (χ2v) is 5.36. The molecule has 0 spiro atoms. The van der Waals surface area contributed by atoms with Gasteiger partial charge in [-0.3, -0.25) is 9.59 Å². The molecule has 4 atom stereocenters. The Bertz CT molecular complexity index is 368. The summed E-state index contributed by atoms with van der Waals surface area (Å²) in [5, 5.41) is 15.6. The van der Waals surface area contributed by atoms with Crippen LogP contribution in [0.25, 0.3) is 0 Å². The first-order valence-electron chi connectivity index (χ1n) is 5.60. The predicted octanol–water partition coefficient (Wildman–Crippen LogP) is -0.603. The van der Waals surface area contributed by atoms with Crippen LogP contribution in [0.5, 0.6) is 0 Å². The lowest BCUT2D eigenvalue weighted by atomic mass is 9.62. The Kier molecular flexibility index (Phi) is 2.11. The van der Waals surface area contributed by atoms with Gasteiger partial charge in [-0.05, 0) is 12.8 Å². The van der Waals surface area contributed by atoms with Crippen molar-refractivity contribution >= 4 is 11.8 Å². The van der Waals surface area contributed by atoms with Crippen LogP contribution in [-0.4, -0.2) is 34.1 Å². The molecule has 2 fully saturated rings. The first kappa shape index (κ1) is 11.4. The van der Waals surface area contributed by atoms with E-state index in [2.05, 4.69) is 10.6 Å². The van der Waals surface area contributed by atoms with Gasteiger partial charge in [0.15, 0.2) is 5.54 Å². The lowest BCUT2D eigenvalue weighted by Gasteiger charge is -2.55. The van der Waals surface area contributed by atoms with Gasteiger partial charge < -0.3 is 15.7 Å². The first-order chi connectivity index (χ1) is 7.27. The minimum Gasteiger partial charge on any atom is -0.390 e. The van der Waals surface area contributed by atoms with Gasteiger partial charge in [0.05, 0.1) is 17.6 Å². The third-order valence-corrected chi connectivity index (χ3v) is 4.21. The van der Waals surface area contributed by atoms with Crippen molar-refractivity contribution in [3.8, 4) is 0 Å². The van der Waals surface area contributed by atoms with E-state index in [1.165, 1.54) is 0 Å². The van der Waals surface area contributed by atoms with Crippen LogP contribution in [0.4, 0.5) is 0 Å². The quantitative estimate of drug-likeness (QED) is 0.550. The van der Waals surface area contributed by atoms with E-state index in [0.29, 0.717) is 0 Å². The molecule has 5 heteroatoms. The Morgan fingerprint density at radius 2 is 1.88 bits per heavy atom. The number of rotatable bonds is 2. The molecule has 5 nitrogen and oxygen atoms in total. The van der Waals surface area contributed by atoms with Crippen molar-refractivity contribution in [3.05, 3.63) is 0 Å². The van der Waals surface area contributed by atoms with Gasteiger partial charge in [-0.2, -0.15) is 0 Å². The van der Waals surface area contributed by atoms with Crippen LogP contribution in [-0.2, 0) is 9.59 Å². The molecular weight excluding hydrogens is 208 g/mol. The zero-order valence-corrected chi connectivity index (χ0v) is 10.00. The van der Waals surface area contributed by atoms with E-state index in [9.17, 15) is 14.7 Å². The fourth-order valence-electron chi connectivity index (χ4n) is 2.82. The van der Waals surface area contributed by atoms with Crippen LogP contribution >= 0.6 is 0 Å². The Morgan fingerprint density at radius 3 is 2.25 bits per heavy atom. The average molecular weight is 226 g/mol. The summed E-state index contributed by atoms with van der Waals surface area (Å²) >= 11 is 0. The van der Waals surface area contributed by atoms with E-state index in [1.54, 1.807) is 6.92 Å². The number of amides is 2. The molecule has 1 unspecified atom stereocenters. The highest BCUT2D eigenvalue weighted by molar-refractivity contribution is 6.06. The summed E-state index contributed by atoms with van der Waals surface area (Å²) in [4.78, 5) is 23.5. The average Bonchev–Trinajstić information content (AvgIpc) is 2.36. The zero-order valence-electron chi connectivity index (χ0n) is 10.00. The summed E-state index contributed by atoms with van der Waals surface area (Å²) in [6.07, 6.45) is -0.861. The lowest BCUT2D eigenvalue weighted by molar-refractivity contribution is -0.157. The molecule has 2 amide bonds. The van der Waals surface area contributed by atoms with Crippen LogP contribution in [0.15, 0.2) is 0 Å². The number of nitrogens with one attached hydrogen (secondary N) is 2. The SMILES string of the molecule is CC(C)[C@H](O)[C@@]12NC(=O)C(C)[C@]1(C)NC2=O. The third kappa shape index (κ3) is 0.948. The number of fused-ring (bicyclic) bond motifs is 1. The second kappa shape index (κ2) is 2.97. The monoisotopic (exact) mass is 226 g/mol. The molecule has 2 heterocycles. The number of aliphatic hydroxyl groups excluding tert-OH is 1. The zero-order chi connectivity index (χ0) is 12.3. The summed E-state index contributed by atoms with van der Waals surface area (Å²) < 4.78 is 0. The summed E-state index contributed by atoms with van der Waals surface area (Å²) in [5.41, 5.74) is -1.82. The Hall–Kier alpha value is -1.10. The number of β-lactam (4-membered cyclic amide) rings is 1. The van der Waals surface area contributed by atoms with Crippen molar-refractivity contribution < 1.29 is 14.7 Å². The molecule has 0 bridgehead atoms. The number of carbonyl (C=O) groups excluding carboxylic acids is 2. The lowest BCUT2D eigenvalue weighted by Crippen LogP contribution is -2.87. The van der Waals surface area contributed by atoms with Crippen LogP contribution in [0, 0.1) is 11.8 Å². The summed E-state index contributed by atoms with van der Waals surface area (Å²) in [6.45, 7) is 7.24. The maximum Gasteiger partial charge on any atom is 0.251 e. The topological polar surface area (TPSA) is 78.4 Å². The van der Waals surface area contributed by atoms with Crippen molar-refractivity contribution in [1.82, 2.24) is 10.6 Å². The molecule has 0 saturated carbocycles. The van der Waals surface area contributed by atoms with E-state index < -0.39 is 17.2 Å². The van der Waals surface area contributed by atoms with E-state index in [-0.39, 0.29) is 23.7 Å². The van der Waals surface area contributed by atoms with E-state index >= 15 is 0 Å². The van der Waals surface area contributed by atoms with Crippen molar-refractivity contribution in [2.45, 2.75) is 44.9 Å². The van der Waals surface area contributed by atoms with Crippen molar-refractivity contribution in [2.75, 3.05) is 0 Å². The molecule has 0 aromatic rings. The Labute approximate surface area is 94.6 Å². The van der Waals surface area contributed by atoms with Crippen molar-refractivity contribution in [2.24, 2.45) is 11.8 Å². The molecule has 3 N–H and O–H groups in total. The number of carbonyl (C=O) groups is 2. The summed E-state index contributed by atoms with van der Waals surface area (Å²) in [6, 6.07) is 0. The van der Waals surface area contributed by atoms with Gasteiger partial charge in [-0.25, -0.2) is 0 Å². The van der Waals surface area contributed by atoms with Gasteiger partial charge in [0.1, 0.15) is 0 Å². The number of aliphatic hydroxyl groups is 1. The molecule has 2 aliphatic rings. The van der Waals surface area contributed by atoms with Gasteiger partial charge in [-0.1, -0.05) is 20.8 Å². The van der Waals surface area contributed by atoms with Gasteiger partial charge in [-0.15, -0.1) is 0 Å². The highest BCUT2D eigenvalue weighted by atomic mass is 16.3. The van der Waals surface area contributed by atoms with Crippen LogP contribution in [0.1, 0.15) is 27.7 Å². The fourth-order valence-corrected chi connectivity index (χ4v) is 2.82. The van der Waals surface area contributed by atoms with E-state index in [0.717, 1.165) is 0 Å². The Morgan fingerprint density at radius 1 is 1.31 bits per heavy atom. The molecule has 0 radical (unpaired) electrons. The molecule has 0 aromatic carbocycles. The van der Waals surface area contributed by atoms with Crippen molar-refractivity contribution in [3.63, 3.8) is 0 Å². The van der Waals surface area contributed by atoms with Gasteiger partial charge in [0.25, 0.3) is 5.91 Å². The summed E-state index contributed by atoms with van der Waals surface area (Å²) in [5.74, 6) is -0.871. The fraction of sp³-hybridized carbons (Fsp3) is 0.818. The maximum absolute atomic E-state index is 11.8. The predicted molar refractivity (Wildman–Crippen MR) is 57.4 cm³/mol. The number of hydrogen-bond acceptors (Lipinski definition) is 3. The third-order valence-electron chi connectivity index (χ3n) is 4.21. The normalized spacial score (nSPS) is 43.5.